The summed E-state index contributed by atoms with van der Waals surface area (Å²) in [6.07, 6.45) is 1.58. The Bertz CT molecular complexity index is 500. The summed E-state index contributed by atoms with van der Waals surface area (Å²) >= 11 is 0. The summed E-state index contributed by atoms with van der Waals surface area (Å²) in [5, 5.41) is 7.46. The highest BCUT2D eigenvalue weighted by molar-refractivity contribution is 7.92. The van der Waals surface area contributed by atoms with Crippen LogP contribution in [0.5, 0.6) is 0 Å². The SMILES string of the molecule is CC(C)NCc1ncn(CCS(=O)(=O)C(C)(C)C)n1. The second kappa shape index (κ2) is 6.00. The molecule has 0 radical (unpaired) electrons. The van der Waals surface area contributed by atoms with E-state index in [-0.39, 0.29) is 5.75 Å². The molecular formula is C12H24N4O2S. The maximum Gasteiger partial charge on any atom is 0.164 e. The van der Waals surface area contributed by atoms with Gasteiger partial charge in [0.15, 0.2) is 15.7 Å². The molecule has 0 amide bonds. The monoisotopic (exact) mass is 288 g/mol. The van der Waals surface area contributed by atoms with Crippen molar-refractivity contribution in [3.8, 4) is 0 Å². The van der Waals surface area contributed by atoms with Gasteiger partial charge in [-0.25, -0.2) is 13.4 Å². The molecule has 0 fully saturated rings. The Kier molecular flexibility index (Phi) is 5.09. The van der Waals surface area contributed by atoms with Gasteiger partial charge in [-0.05, 0) is 20.8 Å². The molecule has 1 heterocycles. The highest BCUT2D eigenvalue weighted by Gasteiger charge is 2.28. The van der Waals surface area contributed by atoms with Crippen molar-refractivity contribution >= 4 is 9.84 Å². The fourth-order valence-electron chi connectivity index (χ4n) is 1.34. The molecule has 0 aromatic carbocycles. The van der Waals surface area contributed by atoms with Gasteiger partial charge in [-0.3, -0.25) is 4.68 Å². The summed E-state index contributed by atoms with van der Waals surface area (Å²) in [5.74, 6) is 0.763. The van der Waals surface area contributed by atoms with Crippen LogP contribution in [0.3, 0.4) is 0 Å². The molecule has 0 spiro atoms. The number of rotatable bonds is 6. The molecule has 0 aliphatic carbocycles. The minimum atomic E-state index is -3.12. The van der Waals surface area contributed by atoms with Crippen LogP contribution in [0.1, 0.15) is 40.4 Å². The molecule has 0 atom stereocenters. The molecule has 7 heteroatoms. The summed E-state index contributed by atoms with van der Waals surface area (Å²) in [7, 11) is -3.12. The zero-order valence-corrected chi connectivity index (χ0v) is 13.2. The third-order valence-electron chi connectivity index (χ3n) is 2.77. The molecule has 1 N–H and O–H groups in total. The zero-order chi connectivity index (χ0) is 14.7. The Morgan fingerprint density at radius 3 is 2.53 bits per heavy atom. The highest BCUT2D eigenvalue weighted by atomic mass is 32.2. The van der Waals surface area contributed by atoms with Gasteiger partial charge in [0, 0.05) is 6.04 Å². The fourth-order valence-corrected chi connectivity index (χ4v) is 2.38. The predicted molar refractivity (Wildman–Crippen MR) is 75.5 cm³/mol. The lowest BCUT2D eigenvalue weighted by atomic mass is 10.3. The Balaban J connectivity index is 2.56. The predicted octanol–water partition coefficient (Wildman–Crippen LogP) is 0.989. The number of hydrogen-bond donors (Lipinski definition) is 1. The van der Waals surface area contributed by atoms with Crippen LogP contribution in [0.4, 0.5) is 0 Å². The summed E-state index contributed by atoms with van der Waals surface area (Å²) in [6.45, 7) is 10.2. The molecule has 0 saturated carbocycles. The van der Waals surface area contributed by atoms with Crippen LogP contribution < -0.4 is 5.32 Å². The maximum atomic E-state index is 12.0. The van der Waals surface area contributed by atoms with Crippen LogP contribution in [0.15, 0.2) is 6.33 Å². The topological polar surface area (TPSA) is 76.9 Å². The van der Waals surface area contributed by atoms with Gasteiger partial charge >= 0.3 is 0 Å². The van der Waals surface area contributed by atoms with Crippen molar-refractivity contribution in [2.45, 2.75) is 58.5 Å². The van der Waals surface area contributed by atoms with Crippen molar-refractivity contribution < 1.29 is 8.42 Å². The molecule has 0 aliphatic rings. The first-order valence-corrected chi connectivity index (χ1v) is 8.11. The van der Waals surface area contributed by atoms with Gasteiger partial charge in [-0.15, -0.1) is 0 Å². The van der Waals surface area contributed by atoms with Crippen LogP contribution in [-0.2, 0) is 22.9 Å². The van der Waals surface area contributed by atoms with Crippen molar-refractivity contribution in [3.05, 3.63) is 12.2 Å². The number of hydrogen-bond acceptors (Lipinski definition) is 5. The number of aryl methyl sites for hydroxylation is 1. The first-order valence-electron chi connectivity index (χ1n) is 6.46. The second-order valence-electron chi connectivity index (χ2n) is 5.89. The summed E-state index contributed by atoms with van der Waals surface area (Å²) < 4.78 is 24.8. The lowest BCUT2D eigenvalue weighted by Crippen LogP contribution is -2.32. The molecule has 110 valence electrons. The van der Waals surface area contributed by atoms with E-state index in [1.165, 1.54) is 0 Å². The van der Waals surface area contributed by atoms with E-state index in [4.69, 9.17) is 0 Å². The zero-order valence-electron chi connectivity index (χ0n) is 12.3. The molecule has 1 aromatic heterocycles. The van der Waals surface area contributed by atoms with Crippen molar-refractivity contribution in [1.29, 1.82) is 0 Å². The number of aromatic nitrogens is 3. The van der Waals surface area contributed by atoms with E-state index in [1.54, 1.807) is 31.8 Å². The van der Waals surface area contributed by atoms with Gasteiger partial charge in [0.1, 0.15) is 6.33 Å². The van der Waals surface area contributed by atoms with E-state index < -0.39 is 14.6 Å². The smallest absolute Gasteiger partial charge is 0.164 e. The molecule has 1 aromatic rings. The van der Waals surface area contributed by atoms with Crippen molar-refractivity contribution in [3.63, 3.8) is 0 Å². The molecule has 0 unspecified atom stereocenters. The van der Waals surface area contributed by atoms with Gasteiger partial charge in [0.05, 0.1) is 23.6 Å². The molecule has 1 rings (SSSR count). The average molecular weight is 288 g/mol. The van der Waals surface area contributed by atoms with Gasteiger partial charge in [0.25, 0.3) is 0 Å². The van der Waals surface area contributed by atoms with Gasteiger partial charge in [0.2, 0.25) is 0 Å². The number of nitrogens with one attached hydrogen (secondary N) is 1. The first kappa shape index (κ1) is 16.1. The maximum absolute atomic E-state index is 12.0. The van der Waals surface area contributed by atoms with Crippen molar-refractivity contribution in [2.24, 2.45) is 0 Å². The standard InChI is InChI=1S/C12H24N4O2S/c1-10(2)13-8-11-14-9-16(15-11)6-7-19(17,18)12(3,4)5/h9-10,13H,6-8H2,1-5H3. The Labute approximate surface area is 115 Å². The minimum absolute atomic E-state index is 0.0803. The van der Waals surface area contributed by atoms with Gasteiger partial charge < -0.3 is 5.32 Å². The fraction of sp³-hybridized carbons (Fsp3) is 0.833. The second-order valence-corrected chi connectivity index (χ2v) is 8.75. The Morgan fingerprint density at radius 2 is 2.00 bits per heavy atom. The Morgan fingerprint density at radius 1 is 1.37 bits per heavy atom. The largest absolute Gasteiger partial charge is 0.308 e. The number of nitrogens with zero attached hydrogens (tertiary/aromatic N) is 3. The van der Waals surface area contributed by atoms with Gasteiger partial charge in [-0.2, -0.15) is 5.10 Å². The highest BCUT2D eigenvalue weighted by Crippen LogP contribution is 2.15. The van der Waals surface area contributed by atoms with E-state index >= 15 is 0 Å². The number of sulfone groups is 1. The summed E-state index contributed by atoms with van der Waals surface area (Å²) in [4.78, 5) is 4.15. The summed E-state index contributed by atoms with van der Waals surface area (Å²) in [5.41, 5.74) is 0. The molecule has 0 bridgehead atoms. The third-order valence-corrected chi connectivity index (χ3v) is 5.36. The average Bonchev–Trinajstić information content (AvgIpc) is 2.70. The van der Waals surface area contributed by atoms with E-state index in [1.807, 2.05) is 13.8 Å². The third kappa shape index (κ3) is 4.91. The van der Waals surface area contributed by atoms with E-state index in [0.717, 1.165) is 0 Å². The molecule has 0 aliphatic heterocycles. The van der Waals surface area contributed by atoms with Crippen LogP contribution in [0.25, 0.3) is 0 Å². The van der Waals surface area contributed by atoms with E-state index in [9.17, 15) is 8.42 Å². The van der Waals surface area contributed by atoms with E-state index in [0.29, 0.717) is 25.0 Å². The normalized spacial score (nSPS) is 13.2. The lowest BCUT2D eigenvalue weighted by molar-refractivity contribution is 0.543. The van der Waals surface area contributed by atoms with Crippen molar-refractivity contribution in [2.75, 3.05) is 5.75 Å². The van der Waals surface area contributed by atoms with Crippen LogP contribution in [0, 0.1) is 0 Å². The molecule has 19 heavy (non-hydrogen) atoms. The molecule has 0 saturated heterocycles. The lowest BCUT2D eigenvalue weighted by Gasteiger charge is -2.18. The molecular weight excluding hydrogens is 264 g/mol. The van der Waals surface area contributed by atoms with Gasteiger partial charge in [-0.1, -0.05) is 13.8 Å². The summed E-state index contributed by atoms with van der Waals surface area (Å²) in [6, 6.07) is 0.369. The van der Waals surface area contributed by atoms with Crippen LogP contribution in [0.2, 0.25) is 0 Å². The van der Waals surface area contributed by atoms with Crippen molar-refractivity contribution in [1.82, 2.24) is 20.1 Å². The molecule has 6 nitrogen and oxygen atoms in total. The van der Waals surface area contributed by atoms with E-state index in [2.05, 4.69) is 15.4 Å². The quantitative estimate of drug-likeness (QED) is 0.844. The Hall–Kier alpha value is -0.950. The first-order chi connectivity index (χ1) is 8.62. The van der Waals surface area contributed by atoms with Crippen LogP contribution >= 0.6 is 0 Å². The van der Waals surface area contributed by atoms with Crippen LogP contribution in [-0.4, -0.2) is 39.7 Å². The minimum Gasteiger partial charge on any atom is -0.308 e.